The third-order valence-corrected chi connectivity index (χ3v) is 6.82. The van der Waals surface area contributed by atoms with Crippen molar-refractivity contribution in [1.82, 2.24) is 15.3 Å². The molecule has 6 heteroatoms. The second kappa shape index (κ2) is 6.80. The van der Waals surface area contributed by atoms with Gasteiger partial charge in [0, 0.05) is 20.0 Å². The summed E-state index contributed by atoms with van der Waals surface area (Å²) in [6.45, 7) is 6.23. The first kappa shape index (κ1) is 19.1. The fourth-order valence-electron chi connectivity index (χ4n) is 4.97. The Balaban J connectivity index is 1.99. The number of Topliss-reactive ketones (excluding diaryl/α,β-unsaturated/α-hetero) is 1. The van der Waals surface area contributed by atoms with Crippen molar-refractivity contribution in [1.29, 1.82) is 0 Å². The molecule has 6 unspecified atom stereocenters. The molecule has 1 heterocycles. The molecule has 2 fully saturated rings. The van der Waals surface area contributed by atoms with Crippen molar-refractivity contribution in [3.05, 3.63) is 12.2 Å². The summed E-state index contributed by atoms with van der Waals surface area (Å²) in [7, 11) is 3.71. The Morgan fingerprint density at radius 3 is 2.65 bits per heavy atom. The minimum Gasteiger partial charge on any atom is -0.343 e. The second-order valence-corrected chi connectivity index (χ2v) is 8.42. The number of fused-ring (bicyclic) bond motifs is 2. The van der Waals surface area contributed by atoms with Gasteiger partial charge in [-0.25, -0.2) is 5.01 Å². The lowest BCUT2D eigenvalue weighted by Gasteiger charge is -2.33. The monoisotopic (exact) mass is 361 g/mol. The lowest BCUT2D eigenvalue weighted by Crippen LogP contribution is -2.51. The van der Waals surface area contributed by atoms with E-state index in [0.717, 1.165) is 6.42 Å². The molecule has 6 atom stereocenters. The van der Waals surface area contributed by atoms with E-state index in [4.69, 9.17) is 0 Å². The van der Waals surface area contributed by atoms with Gasteiger partial charge >= 0.3 is 0 Å². The van der Waals surface area contributed by atoms with E-state index in [0.29, 0.717) is 25.3 Å². The molecule has 3 aliphatic rings. The van der Waals surface area contributed by atoms with Crippen LogP contribution in [0.3, 0.4) is 0 Å². The molecule has 144 valence electrons. The molecule has 26 heavy (non-hydrogen) atoms. The highest BCUT2D eigenvalue weighted by Gasteiger charge is 2.59. The van der Waals surface area contributed by atoms with Gasteiger partial charge in [0.25, 0.3) is 0 Å². The Morgan fingerprint density at radius 1 is 1.38 bits per heavy atom. The van der Waals surface area contributed by atoms with Gasteiger partial charge in [-0.2, -0.15) is 0 Å². The maximum absolute atomic E-state index is 13.3. The van der Waals surface area contributed by atoms with Crippen molar-refractivity contribution in [3.8, 4) is 0 Å². The zero-order valence-corrected chi connectivity index (χ0v) is 16.5. The summed E-state index contributed by atoms with van der Waals surface area (Å²) in [6, 6.07) is 0. The zero-order chi connectivity index (χ0) is 19.2. The van der Waals surface area contributed by atoms with Crippen LogP contribution in [0, 0.1) is 29.6 Å². The molecule has 0 aromatic heterocycles. The Morgan fingerprint density at radius 2 is 2.08 bits per heavy atom. The number of nitrogens with zero attached hydrogens (tertiary/aromatic N) is 2. The zero-order valence-electron chi connectivity index (χ0n) is 16.5. The largest absolute Gasteiger partial charge is 0.343 e. The topological polar surface area (TPSA) is 69.7 Å². The Kier molecular flexibility index (Phi) is 4.99. The number of ketones is 1. The van der Waals surface area contributed by atoms with Gasteiger partial charge in [0.15, 0.2) is 5.78 Å². The Bertz CT molecular complexity index is 644. The third-order valence-electron chi connectivity index (χ3n) is 6.82. The standard InChI is InChI=1S/C20H31N3O3/c1-6-14-10-16-17(12(14)2)19(26)23(22(4)5)9-7-8-15-11-20(15,13(3)24)21-18(16)25/h7-8,12,14-17H,6,9-11H2,1-5H3,(H,21,25)/b8-7-. The highest BCUT2D eigenvalue weighted by atomic mass is 16.2. The van der Waals surface area contributed by atoms with Gasteiger partial charge in [-0.15, -0.1) is 0 Å². The number of carbonyl (C=O) groups excluding carboxylic acids is 3. The Hall–Kier alpha value is -1.69. The predicted molar refractivity (Wildman–Crippen MR) is 98.7 cm³/mol. The smallest absolute Gasteiger partial charge is 0.241 e. The van der Waals surface area contributed by atoms with Gasteiger partial charge in [-0.05, 0) is 31.6 Å². The van der Waals surface area contributed by atoms with Crippen molar-refractivity contribution in [3.63, 3.8) is 0 Å². The van der Waals surface area contributed by atoms with E-state index in [1.807, 2.05) is 26.2 Å². The van der Waals surface area contributed by atoms with E-state index in [2.05, 4.69) is 19.2 Å². The van der Waals surface area contributed by atoms with Crippen molar-refractivity contribution in [2.45, 2.75) is 45.6 Å². The first-order valence-electron chi connectivity index (χ1n) is 9.71. The fourth-order valence-corrected chi connectivity index (χ4v) is 4.97. The number of rotatable bonds is 3. The Labute approximate surface area is 155 Å². The van der Waals surface area contributed by atoms with Crippen molar-refractivity contribution in [2.75, 3.05) is 20.6 Å². The number of hydrogen-bond acceptors (Lipinski definition) is 4. The maximum Gasteiger partial charge on any atom is 0.241 e. The molecule has 6 nitrogen and oxygen atoms in total. The summed E-state index contributed by atoms with van der Waals surface area (Å²) in [6.07, 6.45) is 6.26. The van der Waals surface area contributed by atoms with Gasteiger partial charge < -0.3 is 5.32 Å². The van der Waals surface area contributed by atoms with Crippen LogP contribution in [0.15, 0.2) is 12.2 Å². The van der Waals surface area contributed by atoms with E-state index in [1.54, 1.807) is 16.9 Å². The first-order valence-corrected chi connectivity index (χ1v) is 9.71. The molecule has 1 aliphatic heterocycles. The minimum atomic E-state index is -0.762. The van der Waals surface area contributed by atoms with Crippen LogP contribution in [-0.4, -0.2) is 53.8 Å². The number of nitrogens with one attached hydrogen (secondary N) is 1. The van der Waals surface area contributed by atoms with Crippen LogP contribution in [0.2, 0.25) is 0 Å². The molecule has 3 rings (SSSR count). The molecule has 0 bridgehead atoms. The molecule has 1 N–H and O–H groups in total. The van der Waals surface area contributed by atoms with Crippen LogP contribution in [-0.2, 0) is 14.4 Å². The lowest BCUT2D eigenvalue weighted by molar-refractivity contribution is -0.153. The normalized spacial score (nSPS) is 41.2. The summed E-state index contributed by atoms with van der Waals surface area (Å²) >= 11 is 0. The average molecular weight is 361 g/mol. The van der Waals surface area contributed by atoms with Gasteiger partial charge in [0.2, 0.25) is 11.8 Å². The summed E-state index contributed by atoms with van der Waals surface area (Å²) in [5.41, 5.74) is -0.762. The maximum atomic E-state index is 13.3. The summed E-state index contributed by atoms with van der Waals surface area (Å²) in [5.74, 6) is -0.279. The highest BCUT2D eigenvalue weighted by Crippen LogP contribution is 2.48. The molecule has 0 radical (unpaired) electrons. The highest BCUT2D eigenvalue weighted by molar-refractivity contribution is 5.97. The van der Waals surface area contributed by atoms with Crippen LogP contribution >= 0.6 is 0 Å². The molecular formula is C20H31N3O3. The summed E-state index contributed by atoms with van der Waals surface area (Å²) in [4.78, 5) is 38.7. The van der Waals surface area contributed by atoms with E-state index < -0.39 is 5.54 Å². The van der Waals surface area contributed by atoms with E-state index in [9.17, 15) is 14.4 Å². The van der Waals surface area contributed by atoms with Crippen molar-refractivity contribution in [2.24, 2.45) is 29.6 Å². The molecule has 2 aliphatic carbocycles. The number of hydrogen-bond donors (Lipinski definition) is 1. The lowest BCUT2D eigenvalue weighted by atomic mass is 9.86. The summed E-state index contributed by atoms with van der Waals surface area (Å²) in [5, 5.41) is 6.57. The first-order chi connectivity index (χ1) is 12.2. The molecule has 0 aromatic carbocycles. The van der Waals surface area contributed by atoms with E-state index in [-0.39, 0.29) is 41.3 Å². The number of carbonyl (C=O) groups is 3. The fraction of sp³-hybridized carbons (Fsp3) is 0.750. The van der Waals surface area contributed by atoms with Gasteiger partial charge in [0.05, 0.1) is 18.4 Å². The predicted octanol–water partition coefficient (Wildman–Crippen LogP) is 1.62. The number of hydrazine groups is 1. The van der Waals surface area contributed by atoms with E-state index in [1.165, 1.54) is 0 Å². The van der Waals surface area contributed by atoms with E-state index >= 15 is 0 Å². The number of amides is 2. The van der Waals surface area contributed by atoms with Crippen molar-refractivity contribution < 1.29 is 14.4 Å². The van der Waals surface area contributed by atoms with Crippen LogP contribution in [0.1, 0.15) is 40.0 Å². The van der Waals surface area contributed by atoms with Crippen LogP contribution in [0.4, 0.5) is 0 Å². The molecule has 0 aromatic rings. The molecule has 2 amide bonds. The molecule has 0 spiro atoms. The molecule has 2 saturated carbocycles. The molecule has 0 saturated heterocycles. The quantitative estimate of drug-likeness (QED) is 0.776. The van der Waals surface area contributed by atoms with Crippen LogP contribution < -0.4 is 5.32 Å². The van der Waals surface area contributed by atoms with Crippen LogP contribution in [0.5, 0.6) is 0 Å². The minimum absolute atomic E-state index is 0.00479. The third kappa shape index (κ3) is 2.98. The van der Waals surface area contributed by atoms with Crippen molar-refractivity contribution >= 4 is 17.6 Å². The average Bonchev–Trinajstić information content (AvgIpc) is 3.16. The van der Waals surface area contributed by atoms with Crippen LogP contribution in [0.25, 0.3) is 0 Å². The SMILES string of the molecule is CCC1CC2C(=O)NC3(C(C)=O)CC3/C=C\CN(N(C)C)C(=O)C2C1C. The van der Waals surface area contributed by atoms with Gasteiger partial charge in [-0.1, -0.05) is 32.4 Å². The summed E-state index contributed by atoms with van der Waals surface area (Å²) < 4.78 is 0. The van der Waals surface area contributed by atoms with Gasteiger partial charge in [0.1, 0.15) is 5.54 Å². The molecular weight excluding hydrogens is 330 g/mol. The second-order valence-electron chi connectivity index (χ2n) is 8.42. The van der Waals surface area contributed by atoms with Gasteiger partial charge in [-0.3, -0.25) is 19.4 Å².